The van der Waals surface area contributed by atoms with Crippen molar-refractivity contribution >= 4 is 37.2 Å². The Bertz CT molecular complexity index is 372. The van der Waals surface area contributed by atoms with Gasteiger partial charge in [-0.25, -0.2) is 0 Å². The Morgan fingerprint density at radius 1 is 0.875 bits per heavy atom. The molecule has 5 atom stereocenters. The summed E-state index contributed by atoms with van der Waals surface area (Å²) in [5.41, 5.74) is 0. The first-order valence-corrected chi connectivity index (χ1v) is 14.6. The predicted octanol–water partition coefficient (Wildman–Crippen LogP) is 4.65. The normalized spacial score (nSPS) is 36.6. The monoisotopic (exact) mass is 412 g/mol. The van der Waals surface area contributed by atoms with Crippen LogP contribution < -0.4 is 0 Å². The Kier molecular flexibility index (Phi) is 10.1. The maximum atomic E-state index is 6.65. The third kappa shape index (κ3) is 5.89. The maximum Gasteiger partial charge on any atom is 0.106 e. The second-order valence-corrected chi connectivity index (χ2v) is 13.1. The third-order valence-corrected chi connectivity index (χ3v) is 11.1. The number of nitrogens with zero attached hydrogens (tertiary/aromatic N) is 2. The summed E-state index contributed by atoms with van der Waals surface area (Å²) < 4.78 is 18.5. The summed E-state index contributed by atoms with van der Waals surface area (Å²) in [6, 6.07) is 0. The highest BCUT2D eigenvalue weighted by Gasteiger charge is 2.36. The lowest BCUT2D eigenvalue weighted by Gasteiger charge is -2.40. The van der Waals surface area contributed by atoms with Crippen LogP contribution in [-0.4, -0.2) is 58.7 Å². The molecule has 0 aromatic rings. The Morgan fingerprint density at radius 3 is 1.62 bits per heavy atom. The van der Waals surface area contributed by atoms with Gasteiger partial charge in [-0.2, -0.15) is 0 Å². The Morgan fingerprint density at radius 2 is 1.29 bits per heavy atom. The number of hydrogen-bond donors (Lipinski definition) is 0. The van der Waals surface area contributed by atoms with Crippen molar-refractivity contribution in [2.45, 2.75) is 65.6 Å². The zero-order valence-corrected chi connectivity index (χ0v) is 19.1. The van der Waals surface area contributed by atoms with Gasteiger partial charge >= 0.3 is 0 Å². The van der Waals surface area contributed by atoms with Crippen molar-refractivity contribution in [3.63, 3.8) is 0 Å². The highest BCUT2D eigenvalue weighted by Crippen LogP contribution is 2.54. The van der Waals surface area contributed by atoms with Crippen LogP contribution in [0.15, 0.2) is 0 Å². The molecule has 3 unspecified atom stereocenters. The molecule has 0 N–H and O–H groups in total. The third-order valence-electron chi connectivity index (χ3n) is 4.40. The lowest BCUT2D eigenvalue weighted by Crippen LogP contribution is -2.35. The molecule has 142 valence electrons. The van der Waals surface area contributed by atoms with E-state index in [0.29, 0.717) is 0 Å². The summed E-state index contributed by atoms with van der Waals surface area (Å²) in [6.45, 7) is 11.2. The second-order valence-electron chi connectivity index (χ2n) is 6.41. The van der Waals surface area contributed by atoms with Crippen LogP contribution in [0.3, 0.4) is 0 Å². The molecule has 0 aliphatic carbocycles. The van der Waals surface area contributed by atoms with Crippen molar-refractivity contribution in [3.8, 4) is 0 Å². The predicted molar refractivity (Wildman–Crippen MR) is 112 cm³/mol. The Hall–Kier alpha value is 1.27. The SMILES string of the molecule is CCCN1CS(=S)CN(CCC)P2CCP1O[C@@H](CC)[C@@H](CC)O2. The largest absolute Gasteiger partial charge is 0.338 e. The van der Waals surface area contributed by atoms with E-state index in [9.17, 15) is 0 Å². The fourth-order valence-corrected chi connectivity index (χ4v) is 11.7. The molecule has 0 amide bonds. The molecule has 2 rings (SSSR count). The van der Waals surface area contributed by atoms with E-state index in [0.717, 1.165) is 50.0 Å². The molecular formula is C16H34N2O2P2S2. The molecule has 2 bridgehead atoms. The van der Waals surface area contributed by atoms with E-state index in [1.807, 2.05) is 0 Å². The average molecular weight is 413 g/mol. The van der Waals surface area contributed by atoms with Gasteiger partial charge in [-0.05, 0) is 36.9 Å². The minimum absolute atomic E-state index is 0.0285. The molecule has 2 heterocycles. The molecule has 2 aliphatic heterocycles. The van der Waals surface area contributed by atoms with Crippen LogP contribution in [0.1, 0.15) is 53.4 Å². The first-order valence-electron chi connectivity index (χ1n) is 9.36. The van der Waals surface area contributed by atoms with Crippen molar-refractivity contribution in [2.75, 3.05) is 37.2 Å². The summed E-state index contributed by atoms with van der Waals surface area (Å²) in [6.07, 6.45) is 7.17. The van der Waals surface area contributed by atoms with Crippen molar-refractivity contribution < 1.29 is 9.05 Å². The molecular weight excluding hydrogens is 378 g/mol. The molecule has 2 aliphatic rings. The van der Waals surface area contributed by atoms with Gasteiger partial charge in [0.05, 0.1) is 24.0 Å². The molecule has 0 saturated carbocycles. The number of rotatable bonds is 6. The summed E-state index contributed by atoms with van der Waals surface area (Å²) in [7, 11) is -1.08. The maximum absolute atomic E-state index is 6.65. The van der Waals surface area contributed by atoms with Crippen LogP contribution in [0.4, 0.5) is 0 Å². The molecule has 2 fully saturated rings. The van der Waals surface area contributed by atoms with Gasteiger partial charge in [-0.3, -0.25) is 9.34 Å². The topological polar surface area (TPSA) is 24.9 Å². The first-order chi connectivity index (χ1) is 11.6. The van der Waals surface area contributed by atoms with Crippen molar-refractivity contribution in [2.24, 2.45) is 0 Å². The van der Waals surface area contributed by atoms with E-state index in [1.54, 1.807) is 0 Å². The van der Waals surface area contributed by atoms with Gasteiger partial charge in [0, 0.05) is 25.4 Å². The zero-order chi connectivity index (χ0) is 17.5. The van der Waals surface area contributed by atoms with Gasteiger partial charge in [0.25, 0.3) is 0 Å². The summed E-state index contributed by atoms with van der Waals surface area (Å²) in [5, 5.41) is 0. The van der Waals surface area contributed by atoms with E-state index in [4.69, 9.17) is 20.2 Å². The second kappa shape index (κ2) is 11.2. The van der Waals surface area contributed by atoms with Crippen LogP contribution in [-0.2, 0) is 29.7 Å². The van der Waals surface area contributed by atoms with Crippen LogP contribution in [0.2, 0.25) is 0 Å². The summed E-state index contributed by atoms with van der Waals surface area (Å²) >= 11 is 5.87. The van der Waals surface area contributed by atoms with Crippen LogP contribution in [0.5, 0.6) is 0 Å². The highest BCUT2D eigenvalue weighted by atomic mass is 32.8. The fourth-order valence-electron chi connectivity index (χ4n) is 3.19. The van der Waals surface area contributed by atoms with Gasteiger partial charge in [0.15, 0.2) is 0 Å². The van der Waals surface area contributed by atoms with Crippen molar-refractivity contribution in [1.29, 1.82) is 0 Å². The highest BCUT2D eigenvalue weighted by molar-refractivity contribution is 8.28. The van der Waals surface area contributed by atoms with Gasteiger partial charge < -0.3 is 9.05 Å². The molecule has 0 spiro atoms. The number of hydrogen-bond acceptors (Lipinski definition) is 5. The Labute approximate surface area is 158 Å². The lowest BCUT2D eigenvalue weighted by molar-refractivity contribution is 0.0537. The zero-order valence-electron chi connectivity index (χ0n) is 15.6. The van der Waals surface area contributed by atoms with Gasteiger partial charge in [0.2, 0.25) is 0 Å². The molecule has 24 heavy (non-hydrogen) atoms. The minimum Gasteiger partial charge on any atom is -0.338 e. The fraction of sp³-hybridized carbons (Fsp3) is 1.00. The molecule has 2 saturated heterocycles. The molecule has 0 aromatic carbocycles. The van der Waals surface area contributed by atoms with E-state index in [2.05, 4.69) is 37.0 Å². The molecule has 4 nitrogen and oxygen atoms in total. The quantitative estimate of drug-likeness (QED) is 0.592. The van der Waals surface area contributed by atoms with Gasteiger partial charge in [-0.1, -0.05) is 37.1 Å². The Balaban J connectivity index is 2.30. The van der Waals surface area contributed by atoms with E-state index in [1.165, 1.54) is 12.8 Å². The smallest absolute Gasteiger partial charge is 0.106 e. The minimum atomic E-state index is -0.526. The van der Waals surface area contributed by atoms with E-state index < -0.39 is 16.6 Å². The number of fused-ring (bicyclic) bond motifs is 3. The molecule has 8 heteroatoms. The molecule has 0 aromatic heterocycles. The first kappa shape index (κ1) is 21.6. The molecule has 0 radical (unpaired) electrons. The summed E-state index contributed by atoms with van der Waals surface area (Å²) in [5.74, 6) is 2.04. The van der Waals surface area contributed by atoms with E-state index >= 15 is 0 Å². The lowest BCUT2D eigenvalue weighted by atomic mass is 10.1. The van der Waals surface area contributed by atoms with Crippen molar-refractivity contribution in [3.05, 3.63) is 0 Å². The van der Waals surface area contributed by atoms with Crippen LogP contribution in [0, 0.1) is 0 Å². The average Bonchev–Trinajstić information content (AvgIpc) is 2.58. The van der Waals surface area contributed by atoms with Crippen LogP contribution >= 0.6 is 16.6 Å². The standard InChI is InChI=1S/C16H34N2O2P2S2/c1-5-9-17-13-24(23)14-18(10-6-2)22-12-11-21(17)19-15(7-3)16(8-4)20-22/h15-16H,5-14H2,1-4H3/t15-,16+,21?,22?,24?. The van der Waals surface area contributed by atoms with Crippen molar-refractivity contribution in [1.82, 2.24) is 9.34 Å². The van der Waals surface area contributed by atoms with Crippen LogP contribution in [0.25, 0.3) is 0 Å². The van der Waals surface area contributed by atoms with Gasteiger partial charge in [-0.15, -0.1) is 0 Å². The summed E-state index contributed by atoms with van der Waals surface area (Å²) in [4.78, 5) is 0. The van der Waals surface area contributed by atoms with Gasteiger partial charge in [0.1, 0.15) is 16.6 Å². The van der Waals surface area contributed by atoms with E-state index in [-0.39, 0.29) is 21.7 Å².